The van der Waals surface area contributed by atoms with Crippen LogP contribution in [-0.2, 0) is 14.2 Å². The zero-order valence-electron chi connectivity index (χ0n) is 24.6. The molecular weight excluding hydrogens is 481 g/mol. The van der Waals surface area contributed by atoms with Gasteiger partial charge in [0.1, 0.15) is 0 Å². The van der Waals surface area contributed by atoms with Crippen molar-refractivity contribution in [2.75, 3.05) is 6.61 Å². The Labute approximate surface area is 228 Å². The van der Waals surface area contributed by atoms with E-state index in [4.69, 9.17) is 9.36 Å². The largest absolute Gasteiger partial charge is 0.481 e. The topological polar surface area (TPSA) is 67.8 Å². The van der Waals surface area contributed by atoms with Gasteiger partial charge in [-0.2, -0.15) is 5.48 Å². The van der Waals surface area contributed by atoms with Crippen molar-refractivity contribution in [3.05, 3.63) is 0 Å². The molecule has 2 N–H and O–H groups in total. The summed E-state index contributed by atoms with van der Waals surface area (Å²) in [4.78, 5) is 18.6. The summed E-state index contributed by atoms with van der Waals surface area (Å²) in [7, 11) is 2.56. The molecule has 0 saturated heterocycles. The fraction of sp³-hybridized carbons (Fsp3) is 0.968. The van der Waals surface area contributed by atoms with Crippen molar-refractivity contribution in [1.29, 1.82) is 0 Å². The van der Waals surface area contributed by atoms with Gasteiger partial charge < -0.3 is 14.5 Å². The van der Waals surface area contributed by atoms with Crippen LogP contribution < -0.4 is 5.48 Å². The summed E-state index contributed by atoms with van der Waals surface area (Å²) in [6.07, 6.45) is 11.4. The van der Waals surface area contributed by atoms with Crippen molar-refractivity contribution in [3.63, 3.8) is 0 Å². The number of carbonyl (C=O) groups is 1. The molecule has 0 heterocycles. The molecule has 0 aromatic heterocycles. The molecule has 37 heavy (non-hydrogen) atoms. The highest BCUT2D eigenvalue weighted by Crippen LogP contribution is 2.77. The second kappa shape index (κ2) is 9.42. The fourth-order valence-electron chi connectivity index (χ4n) is 12.1. The Bertz CT molecular complexity index is 896. The summed E-state index contributed by atoms with van der Waals surface area (Å²) in [6, 6.07) is 0.176. The first-order valence-electron chi connectivity index (χ1n) is 15.3. The van der Waals surface area contributed by atoms with E-state index in [0.29, 0.717) is 41.8 Å². The number of fused-ring (bicyclic) bond motifs is 7. The van der Waals surface area contributed by atoms with E-state index in [2.05, 4.69) is 56.5 Å². The highest BCUT2D eigenvalue weighted by atomic mass is 31.0. The number of carboxylic acid groups (broad SMARTS) is 1. The van der Waals surface area contributed by atoms with Crippen molar-refractivity contribution in [2.45, 2.75) is 125 Å². The zero-order chi connectivity index (χ0) is 27.0. The molecule has 5 saturated carbocycles. The lowest BCUT2D eigenvalue weighted by Gasteiger charge is -2.72. The van der Waals surface area contributed by atoms with Crippen LogP contribution in [0, 0.1) is 56.7 Å². The van der Waals surface area contributed by atoms with Crippen molar-refractivity contribution < 1.29 is 19.3 Å². The van der Waals surface area contributed by atoms with E-state index in [9.17, 15) is 9.90 Å². The van der Waals surface area contributed by atoms with E-state index >= 15 is 0 Å². The lowest BCUT2D eigenvalue weighted by Crippen LogP contribution is -2.67. The number of carboxylic acids is 1. The lowest BCUT2D eigenvalue weighted by atomic mass is 9.32. The first-order valence-corrected chi connectivity index (χ1v) is 15.8. The van der Waals surface area contributed by atoms with Gasteiger partial charge in [-0.15, -0.1) is 0 Å². The zero-order valence-corrected chi connectivity index (χ0v) is 25.7. The summed E-state index contributed by atoms with van der Waals surface area (Å²) in [5.74, 6) is 1.89. The van der Waals surface area contributed by atoms with Crippen LogP contribution in [0.4, 0.5) is 0 Å². The molecule has 5 aliphatic rings. The quantitative estimate of drug-likeness (QED) is 0.277. The van der Waals surface area contributed by atoms with E-state index in [1.54, 1.807) is 0 Å². The molecule has 5 fully saturated rings. The monoisotopic (exact) mass is 535 g/mol. The lowest BCUT2D eigenvalue weighted by molar-refractivity contribution is -0.247. The number of aliphatic carboxylic acids is 1. The summed E-state index contributed by atoms with van der Waals surface area (Å²) in [5, 5.41) is 10.7. The summed E-state index contributed by atoms with van der Waals surface area (Å²) < 4.78 is 5.96. The number of hydroxylamine groups is 1. The normalized spacial score (nSPS) is 51.4. The molecule has 5 rings (SSSR count). The molecule has 0 aromatic carbocycles. The van der Waals surface area contributed by atoms with Crippen LogP contribution in [0.2, 0.25) is 0 Å². The Morgan fingerprint density at radius 2 is 1.68 bits per heavy atom. The standard InChI is InChI=1S/C31H54NO4P/c1-8-35-32-19(2)20-11-16-31(26(33)34)18-17-29(6)21(25(20)31)9-10-23-28(5)14-13-24(36-37)27(3,4)22(28)12-15-30(23,29)7/h19-25,32H,8-18,37H2,1-7H3,(H,33,34)/t19?,20?,21?,22?,23?,24?,25?,28-,29?,30+,31?/m0/s1. The van der Waals surface area contributed by atoms with Crippen molar-refractivity contribution in [1.82, 2.24) is 5.48 Å². The molecule has 5 nitrogen and oxygen atoms in total. The minimum atomic E-state index is -0.558. The van der Waals surface area contributed by atoms with Crippen LogP contribution in [0.1, 0.15) is 113 Å². The second-order valence-electron chi connectivity index (χ2n) is 15.2. The highest BCUT2D eigenvalue weighted by Gasteiger charge is 2.72. The molecular formula is C31H54NO4P. The van der Waals surface area contributed by atoms with Gasteiger partial charge in [-0.1, -0.05) is 34.6 Å². The Kier molecular flexibility index (Phi) is 7.21. The van der Waals surface area contributed by atoms with Gasteiger partial charge in [0.05, 0.1) is 18.1 Å². The summed E-state index contributed by atoms with van der Waals surface area (Å²) in [5.41, 5.74) is 3.67. The van der Waals surface area contributed by atoms with Gasteiger partial charge in [0.15, 0.2) is 0 Å². The average molecular weight is 536 g/mol. The molecule has 0 amide bonds. The van der Waals surface area contributed by atoms with Crippen LogP contribution >= 0.6 is 9.47 Å². The minimum Gasteiger partial charge on any atom is -0.481 e. The number of rotatable bonds is 6. The highest BCUT2D eigenvalue weighted by molar-refractivity contribution is 7.09. The molecule has 10 unspecified atom stereocenters. The number of nitrogens with one attached hydrogen (secondary N) is 1. The average Bonchev–Trinajstić information content (AvgIpc) is 3.24. The van der Waals surface area contributed by atoms with Crippen molar-refractivity contribution in [3.8, 4) is 0 Å². The van der Waals surface area contributed by atoms with Crippen LogP contribution in [0.15, 0.2) is 0 Å². The van der Waals surface area contributed by atoms with E-state index in [1.165, 1.54) is 32.1 Å². The minimum absolute atomic E-state index is 0.176. The predicted molar refractivity (Wildman–Crippen MR) is 151 cm³/mol. The third-order valence-electron chi connectivity index (χ3n) is 14.1. The molecule has 0 aromatic rings. The molecule has 12 atom stereocenters. The third kappa shape index (κ3) is 3.72. The Morgan fingerprint density at radius 3 is 2.32 bits per heavy atom. The summed E-state index contributed by atoms with van der Waals surface area (Å²) in [6.45, 7) is 17.6. The van der Waals surface area contributed by atoms with Gasteiger partial charge in [-0.05, 0) is 129 Å². The molecule has 5 aliphatic carbocycles. The smallest absolute Gasteiger partial charge is 0.309 e. The van der Waals surface area contributed by atoms with Gasteiger partial charge in [-0.3, -0.25) is 4.79 Å². The van der Waals surface area contributed by atoms with Gasteiger partial charge in [-0.25, -0.2) is 0 Å². The van der Waals surface area contributed by atoms with Gasteiger partial charge in [0.2, 0.25) is 0 Å². The number of hydrogen-bond donors (Lipinski definition) is 2. The predicted octanol–water partition coefficient (Wildman–Crippen LogP) is 7.26. The maximum absolute atomic E-state index is 13.0. The molecule has 0 aliphatic heterocycles. The van der Waals surface area contributed by atoms with E-state index in [1.807, 2.05) is 6.92 Å². The third-order valence-corrected chi connectivity index (χ3v) is 14.4. The van der Waals surface area contributed by atoms with E-state index < -0.39 is 11.4 Å². The van der Waals surface area contributed by atoms with Gasteiger partial charge in [0, 0.05) is 15.5 Å². The Morgan fingerprint density at radius 1 is 0.946 bits per heavy atom. The van der Waals surface area contributed by atoms with E-state index in [-0.39, 0.29) is 28.2 Å². The van der Waals surface area contributed by atoms with Crippen LogP contribution in [0.25, 0.3) is 0 Å². The summed E-state index contributed by atoms with van der Waals surface area (Å²) >= 11 is 0. The first-order chi connectivity index (χ1) is 17.3. The van der Waals surface area contributed by atoms with Gasteiger partial charge >= 0.3 is 5.97 Å². The Hall–Kier alpha value is -0.220. The molecule has 6 heteroatoms. The first kappa shape index (κ1) is 28.3. The van der Waals surface area contributed by atoms with Crippen LogP contribution in [0.3, 0.4) is 0 Å². The molecule has 212 valence electrons. The van der Waals surface area contributed by atoms with Crippen molar-refractivity contribution in [2.24, 2.45) is 56.7 Å². The SMILES string of the molecule is CCONC(C)C1CCC2(C(=O)O)CCC3(C)C(CCC4[C@@]5(C)CCC(OP)C(C)(C)C5CC[C@]43C)C12. The maximum atomic E-state index is 13.0. The Balaban J connectivity index is 1.51. The maximum Gasteiger partial charge on any atom is 0.309 e. The van der Waals surface area contributed by atoms with Crippen molar-refractivity contribution >= 4 is 15.4 Å². The van der Waals surface area contributed by atoms with E-state index in [0.717, 1.165) is 32.1 Å². The second-order valence-corrected chi connectivity index (χ2v) is 15.5. The number of hydrogen-bond acceptors (Lipinski definition) is 4. The van der Waals surface area contributed by atoms with Crippen LogP contribution in [-0.4, -0.2) is 29.8 Å². The fourth-order valence-corrected chi connectivity index (χ4v) is 12.6. The molecule has 0 spiro atoms. The van der Waals surface area contributed by atoms with Crippen LogP contribution in [0.5, 0.6) is 0 Å². The van der Waals surface area contributed by atoms with Gasteiger partial charge in [0.25, 0.3) is 0 Å². The molecule has 0 radical (unpaired) electrons. The molecule has 0 bridgehead atoms.